The first-order chi connectivity index (χ1) is 5.81. The molecule has 0 aromatic carbocycles. The zero-order valence-electron chi connectivity index (χ0n) is 7.82. The first-order valence-corrected chi connectivity index (χ1v) is 4.26. The van der Waals surface area contributed by atoms with Gasteiger partial charge in [0.05, 0.1) is 19.8 Å². The van der Waals surface area contributed by atoms with Crippen molar-refractivity contribution in [2.45, 2.75) is 20.0 Å². The fourth-order valence-corrected chi connectivity index (χ4v) is 0.670. The monoisotopic (exact) mass is 174 g/mol. The van der Waals surface area contributed by atoms with E-state index in [-0.39, 0.29) is 0 Å². The van der Waals surface area contributed by atoms with Gasteiger partial charge in [0.1, 0.15) is 6.10 Å². The lowest BCUT2D eigenvalue weighted by Gasteiger charge is -2.09. The van der Waals surface area contributed by atoms with Crippen LogP contribution < -0.4 is 0 Å². The van der Waals surface area contributed by atoms with Crippen molar-refractivity contribution in [2.75, 3.05) is 26.4 Å². The number of allylic oxidation sites excluding steroid dienone is 1. The number of hydrogen-bond donors (Lipinski definition) is 1. The summed E-state index contributed by atoms with van der Waals surface area (Å²) in [6.07, 6.45) is 3.30. The van der Waals surface area contributed by atoms with Crippen LogP contribution in [-0.4, -0.2) is 37.6 Å². The maximum Gasteiger partial charge on any atom is 0.101 e. The van der Waals surface area contributed by atoms with Gasteiger partial charge in [-0.15, -0.1) is 0 Å². The Bertz CT molecular complexity index is 112. The molecule has 1 atom stereocenters. The van der Waals surface area contributed by atoms with E-state index in [1.54, 1.807) is 0 Å². The second-order valence-corrected chi connectivity index (χ2v) is 2.42. The van der Waals surface area contributed by atoms with Gasteiger partial charge in [-0.25, -0.2) is 0 Å². The lowest BCUT2D eigenvalue weighted by Crippen LogP contribution is -2.21. The number of aliphatic hydroxyl groups is 1. The smallest absolute Gasteiger partial charge is 0.101 e. The molecule has 1 unspecified atom stereocenters. The quantitative estimate of drug-likeness (QED) is 0.462. The van der Waals surface area contributed by atoms with E-state index < -0.39 is 6.10 Å². The van der Waals surface area contributed by atoms with E-state index >= 15 is 0 Å². The summed E-state index contributed by atoms with van der Waals surface area (Å²) in [4.78, 5) is 0. The molecule has 0 aromatic rings. The molecular formula is C9H18O3. The molecule has 0 aromatic heterocycles. The number of ether oxygens (including phenoxy) is 2. The molecule has 0 spiro atoms. The van der Waals surface area contributed by atoms with Gasteiger partial charge in [0.25, 0.3) is 0 Å². The van der Waals surface area contributed by atoms with E-state index in [1.807, 2.05) is 26.0 Å². The van der Waals surface area contributed by atoms with Crippen molar-refractivity contribution in [3.05, 3.63) is 12.2 Å². The molecule has 0 fully saturated rings. The van der Waals surface area contributed by atoms with Crippen LogP contribution in [0.2, 0.25) is 0 Å². The Morgan fingerprint density at radius 1 is 1.33 bits per heavy atom. The van der Waals surface area contributed by atoms with Crippen LogP contribution in [0.3, 0.4) is 0 Å². The topological polar surface area (TPSA) is 38.7 Å². The zero-order chi connectivity index (χ0) is 9.23. The van der Waals surface area contributed by atoms with Crippen molar-refractivity contribution < 1.29 is 14.6 Å². The average Bonchev–Trinajstić information content (AvgIpc) is 2.09. The van der Waals surface area contributed by atoms with E-state index in [2.05, 4.69) is 0 Å². The normalized spacial score (nSPS) is 13.9. The largest absolute Gasteiger partial charge is 0.388 e. The number of hydrogen-bond acceptors (Lipinski definition) is 3. The molecule has 0 radical (unpaired) electrons. The minimum Gasteiger partial charge on any atom is -0.388 e. The van der Waals surface area contributed by atoms with Gasteiger partial charge in [0, 0.05) is 6.61 Å². The summed E-state index contributed by atoms with van der Waals surface area (Å²) in [6, 6.07) is 0. The van der Waals surface area contributed by atoms with Crippen LogP contribution in [0.4, 0.5) is 0 Å². The fourth-order valence-electron chi connectivity index (χ4n) is 0.670. The summed E-state index contributed by atoms with van der Waals surface area (Å²) in [5.74, 6) is 0. The highest BCUT2D eigenvalue weighted by Crippen LogP contribution is 1.87. The Morgan fingerprint density at radius 3 is 2.58 bits per heavy atom. The standard InChI is InChI=1S/C9H18O3/c1-3-5-6-12-8-9(10)7-11-4-2/h3,5,9-10H,4,6-8H2,1-2H3. The lowest BCUT2D eigenvalue weighted by molar-refractivity contribution is -0.00994. The Hall–Kier alpha value is -0.380. The molecule has 0 aliphatic heterocycles. The van der Waals surface area contributed by atoms with E-state index in [0.717, 1.165) is 0 Å². The fraction of sp³-hybridized carbons (Fsp3) is 0.778. The van der Waals surface area contributed by atoms with E-state index in [4.69, 9.17) is 9.47 Å². The Labute approximate surface area is 74.0 Å². The van der Waals surface area contributed by atoms with Gasteiger partial charge in [-0.05, 0) is 13.8 Å². The van der Waals surface area contributed by atoms with Crippen molar-refractivity contribution in [3.8, 4) is 0 Å². The molecule has 0 aliphatic rings. The maximum atomic E-state index is 9.21. The number of rotatable bonds is 7. The van der Waals surface area contributed by atoms with Gasteiger partial charge in [0.2, 0.25) is 0 Å². The average molecular weight is 174 g/mol. The van der Waals surface area contributed by atoms with E-state index in [9.17, 15) is 5.11 Å². The summed E-state index contributed by atoms with van der Waals surface area (Å²) in [7, 11) is 0. The van der Waals surface area contributed by atoms with Crippen molar-refractivity contribution in [3.63, 3.8) is 0 Å². The van der Waals surface area contributed by atoms with Gasteiger partial charge in [-0.1, -0.05) is 12.2 Å². The highest BCUT2D eigenvalue weighted by Gasteiger charge is 2.01. The van der Waals surface area contributed by atoms with E-state index in [1.165, 1.54) is 0 Å². The third-order valence-corrected chi connectivity index (χ3v) is 1.27. The van der Waals surface area contributed by atoms with Crippen LogP contribution in [0, 0.1) is 0 Å². The molecule has 0 heterocycles. The molecular weight excluding hydrogens is 156 g/mol. The zero-order valence-corrected chi connectivity index (χ0v) is 7.82. The summed E-state index contributed by atoms with van der Waals surface area (Å²) in [5, 5.41) is 9.21. The minimum absolute atomic E-state index is 0.338. The molecule has 0 saturated carbocycles. The minimum atomic E-state index is -0.504. The lowest BCUT2D eigenvalue weighted by atomic mass is 10.4. The molecule has 0 aliphatic carbocycles. The molecule has 1 N–H and O–H groups in total. The van der Waals surface area contributed by atoms with Crippen molar-refractivity contribution in [2.24, 2.45) is 0 Å². The first-order valence-electron chi connectivity index (χ1n) is 4.26. The van der Waals surface area contributed by atoms with E-state index in [0.29, 0.717) is 26.4 Å². The second-order valence-electron chi connectivity index (χ2n) is 2.42. The summed E-state index contributed by atoms with van der Waals surface area (Å²) >= 11 is 0. The van der Waals surface area contributed by atoms with Crippen LogP contribution in [0.25, 0.3) is 0 Å². The van der Waals surface area contributed by atoms with Crippen LogP contribution in [0.1, 0.15) is 13.8 Å². The highest BCUT2D eigenvalue weighted by molar-refractivity contribution is 4.75. The van der Waals surface area contributed by atoms with Gasteiger partial charge < -0.3 is 14.6 Å². The van der Waals surface area contributed by atoms with Crippen LogP contribution in [-0.2, 0) is 9.47 Å². The van der Waals surface area contributed by atoms with Crippen LogP contribution >= 0.6 is 0 Å². The third-order valence-electron chi connectivity index (χ3n) is 1.27. The van der Waals surface area contributed by atoms with Crippen molar-refractivity contribution >= 4 is 0 Å². The predicted octanol–water partition coefficient (Wildman–Crippen LogP) is 0.976. The molecule has 0 rings (SSSR count). The molecule has 0 saturated heterocycles. The SMILES string of the molecule is CC=CCOCC(O)COCC. The van der Waals surface area contributed by atoms with Gasteiger partial charge >= 0.3 is 0 Å². The molecule has 0 amide bonds. The number of aliphatic hydroxyl groups excluding tert-OH is 1. The van der Waals surface area contributed by atoms with Gasteiger partial charge in [-0.2, -0.15) is 0 Å². The highest BCUT2D eigenvalue weighted by atomic mass is 16.5. The van der Waals surface area contributed by atoms with Crippen molar-refractivity contribution in [1.82, 2.24) is 0 Å². The Morgan fingerprint density at radius 2 is 2.00 bits per heavy atom. The summed E-state index contributed by atoms with van der Waals surface area (Å²) in [5.41, 5.74) is 0. The molecule has 12 heavy (non-hydrogen) atoms. The Kier molecular flexibility index (Phi) is 8.44. The van der Waals surface area contributed by atoms with Gasteiger partial charge in [0.15, 0.2) is 0 Å². The molecule has 3 nitrogen and oxygen atoms in total. The first kappa shape index (κ1) is 11.6. The predicted molar refractivity (Wildman–Crippen MR) is 48.1 cm³/mol. The molecule has 3 heteroatoms. The van der Waals surface area contributed by atoms with Crippen molar-refractivity contribution in [1.29, 1.82) is 0 Å². The summed E-state index contributed by atoms with van der Waals surface area (Å²) in [6.45, 7) is 5.70. The van der Waals surface area contributed by atoms with Crippen LogP contribution in [0.15, 0.2) is 12.2 Å². The molecule has 72 valence electrons. The summed E-state index contributed by atoms with van der Waals surface area (Å²) < 4.78 is 10.1. The third kappa shape index (κ3) is 7.72. The van der Waals surface area contributed by atoms with Crippen LogP contribution in [0.5, 0.6) is 0 Å². The maximum absolute atomic E-state index is 9.21. The Balaban J connectivity index is 3.13. The van der Waals surface area contributed by atoms with Gasteiger partial charge in [-0.3, -0.25) is 0 Å². The molecule has 0 bridgehead atoms. The second kappa shape index (κ2) is 8.71.